The van der Waals surface area contributed by atoms with E-state index in [9.17, 15) is 14.7 Å². The molecule has 6 nitrogen and oxygen atoms in total. The third-order valence-electron chi connectivity index (χ3n) is 4.90. The molecule has 3 rings (SSSR count). The van der Waals surface area contributed by atoms with Crippen molar-refractivity contribution in [3.63, 3.8) is 0 Å². The molecule has 7 heteroatoms. The molecule has 3 atom stereocenters. The predicted octanol–water partition coefficient (Wildman–Crippen LogP) is 3.19. The topological polar surface area (TPSA) is 88.5 Å². The third-order valence-corrected chi connectivity index (χ3v) is 5.75. The summed E-state index contributed by atoms with van der Waals surface area (Å²) in [5.74, 6) is -1.04. The molecule has 2 aromatic rings. The van der Waals surface area contributed by atoms with Crippen molar-refractivity contribution in [3.05, 3.63) is 52.0 Å². The first kappa shape index (κ1) is 21.5. The van der Waals surface area contributed by atoms with Crippen molar-refractivity contribution in [2.45, 2.75) is 51.7 Å². The highest BCUT2D eigenvalue weighted by molar-refractivity contribution is 7.09. The quantitative estimate of drug-likeness (QED) is 0.706. The first-order valence-corrected chi connectivity index (χ1v) is 10.8. The van der Waals surface area contributed by atoms with E-state index in [-0.39, 0.29) is 23.7 Å². The van der Waals surface area contributed by atoms with Crippen LogP contribution in [0.3, 0.4) is 0 Å². The van der Waals surface area contributed by atoms with Crippen LogP contribution in [0, 0.1) is 11.8 Å². The van der Waals surface area contributed by atoms with Gasteiger partial charge in [0.2, 0.25) is 0 Å². The Labute approximate surface area is 175 Å². The molecule has 1 amide bonds. The molecule has 1 aromatic heterocycles. The second-order valence-corrected chi connectivity index (χ2v) is 9.47. The van der Waals surface area contributed by atoms with E-state index in [0.29, 0.717) is 31.5 Å². The lowest BCUT2D eigenvalue weighted by molar-refractivity contribution is -0.160. The summed E-state index contributed by atoms with van der Waals surface area (Å²) in [6.45, 7) is 5.79. The number of rotatable bonds is 6. The van der Waals surface area contributed by atoms with Gasteiger partial charge in [-0.05, 0) is 39.2 Å². The number of aliphatic hydroxyl groups is 1. The zero-order valence-corrected chi connectivity index (χ0v) is 17.9. The summed E-state index contributed by atoms with van der Waals surface area (Å²) in [5.41, 5.74) is 0.990. The smallest absolute Gasteiger partial charge is 0.309 e. The van der Waals surface area contributed by atoms with E-state index in [1.54, 1.807) is 5.38 Å². The summed E-state index contributed by atoms with van der Waals surface area (Å²) in [5, 5.41) is 15.8. The fourth-order valence-corrected chi connectivity index (χ4v) is 4.29. The Morgan fingerprint density at radius 3 is 2.66 bits per heavy atom. The van der Waals surface area contributed by atoms with E-state index in [2.05, 4.69) is 10.3 Å². The number of aromatic nitrogens is 1. The number of nitrogens with zero attached hydrogens (tertiary/aromatic N) is 1. The van der Waals surface area contributed by atoms with Gasteiger partial charge in [-0.1, -0.05) is 30.3 Å². The fourth-order valence-electron chi connectivity index (χ4n) is 3.48. The number of benzene rings is 1. The molecule has 1 aliphatic rings. The van der Waals surface area contributed by atoms with E-state index >= 15 is 0 Å². The maximum Gasteiger partial charge on any atom is 0.309 e. The van der Waals surface area contributed by atoms with Gasteiger partial charge in [0.15, 0.2) is 0 Å². The average Bonchev–Trinajstić information content (AvgIpc) is 3.26. The van der Waals surface area contributed by atoms with Crippen molar-refractivity contribution in [2.75, 3.05) is 6.54 Å². The Bertz CT molecular complexity index is 844. The molecule has 0 aliphatic heterocycles. The molecule has 156 valence electrons. The van der Waals surface area contributed by atoms with Gasteiger partial charge >= 0.3 is 5.97 Å². The average molecular weight is 417 g/mol. The molecule has 1 saturated carbocycles. The molecule has 2 N–H and O–H groups in total. The highest BCUT2D eigenvalue weighted by atomic mass is 32.1. The zero-order chi connectivity index (χ0) is 21.0. The molecule has 0 bridgehead atoms. The van der Waals surface area contributed by atoms with Gasteiger partial charge in [-0.25, -0.2) is 4.98 Å². The first-order chi connectivity index (χ1) is 13.7. The summed E-state index contributed by atoms with van der Waals surface area (Å²) in [4.78, 5) is 29.1. The van der Waals surface area contributed by atoms with Crippen LogP contribution in [0.5, 0.6) is 0 Å². The van der Waals surface area contributed by atoms with Crippen molar-refractivity contribution in [2.24, 2.45) is 11.8 Å². The SMILES string of the molecule is CC(C)(C)OC(=O)[C@H]1C[C@H](CNC(=O)c2csc(Cc3ccccc3)n2)[C@@H](O)C1. The summed E-state index contributed by atoms with van der Waals surface area (Å²) in [6, 6.07) is 9.99. The number of hydrogen-bond acceptors (Lipinski definition) is 6. The summed E-state index contributed by atoms with van der Waals surface area (Å²) in [7, 11) is 0. The molecule has 0 saturated heterocycles. The number of ether oxygens (including phenoxy) is 1. The lowest BCUT2D eigenvalue weighted by atomic mass is 10.0. The number of aliphatic hydroxyl groups excluding tert-OH is 1. The van der Waals surface area contributed by atoms with Gasteiger partial charge in [-0.3, -0.25) is 9.59 Å². The van der Waals surface area contributed by atoms with Gasteiger partial charge in [-0.2, -0.15) is 0 Å². The number of hydrogen-bond donors (Lipinski definition) is 2. The zero-order valence-electron chi connectivity index (χ0n) is 17.1. The van der Waals surface area contributed by atoms with E-state index in [1.165, 1.54) is 11.3 Å². The molecular weight excluding hydrogens is 388 g/mol. The van der Waals surface area contributed by atoms with E-state index < -0.39 is 11.7 Å². The second-order valence-electron chi connectivity index (χ2n) is 8.53. The van der Waals surface area contributed by atoms with Crippen LogP contribution in [0.4, 0.5) is 0 Å². The van der Waals surface area contributed by atoms with Crippen LogP contribution >= 0.6 is 11.3 Å². The Morgan fingerprint density at radius 2 is 1.97 bits per heavy atom. The van der Waals surface area contributed by atoms with E-state index in [0.717, 1.165) is 10.6 Å². The van der Waals surface area contributed by atoms with Gasteiger partial charge < -0.3 is 15.2 Å². The van der Waals surface area contributed by atoms with Crippen LogP contribution in [0.25, 0.3) is 0 Å². The minimum Gasteiger partial charge on any atom is -0.460 e. The maximum atomic E-state index is 12.4. The standard InChI is InChI=1S/C22H28N2O4S/c1-22(2,3)28-21(27)15-10-16(18(25)11-15)12-23-20(26)17-13-29-19(24-17)9-14-7-5-4-6-8-14/h4-8,13,15-16,18,25H,9-12H2,1-3H3,(H,23,26)/t15-,16+,18-/m0/s1. The van der Waals surface area contributed by atoms with Gasteiger partial charge in [0, 0.05) is 24.3 Å². The van der Waals surface area contributed by atoms with Crippen LogP contribution in [0.1, 0.15) is 54.7 Å². The van der Waals surface area contributed by atoms with Crippen LogP contribution in [0.2, 0.25) is 0 Å². The summed E-state index contributed by atoms with van der Waals surface area (Å²) in [6.07, 6.45) is 0.939. The fraction of sp³-hybridized carbons (Fsp3) is 0.500. The van der Waals surface area contributed by atoms with Crippen molar-refractivity contribution >= 4 is 23.2 Å². The van der Waals surface area contributed by atoms with Crippen LogP contribution < -0.4 is 5.32 Å². The van der Waals surface area contributed by atoms with Crippen molar-refractivity contribution < 1.29 is 19.4 Å². The molecule has 1 aromatic carbocycles. The van der Waals surface area contributed by atoms with Gasteiger partial charge in [0.25, 0.3) is 5.91 Å². The molecule has 1 fully saturated rings. The monoisotopic (exact) mass is 416 g/mol. The summed E-state index contributed by atoms with van der Waals surface area (Å²) < 4.78 is 5.42. The third kappa shape index (κ3) is 6.11. The minimum absolute atomic E-state index is 0.168. The molecule has 29 heavy (non-hydrogen) atoms. The Balaban J connectivity index is 1.50. The Morgan fingerprint density at radius 1 is 1.24 bits per heavy atom. The number of amides is 1. The number of nitrogens with one attached hydrogen (secondary N) is 1. The normalized spacial score (nSPS) is 21.7. The molecule has 0 radical (unpaired) electrons. The Kier molecular flexibility index (Phi) is 6.70. The van der Waals surface area contributed by atoms with Crippen LogP contribution in [0.15, 0.2) is 35.7 Å². The number of thiazole rings is 1. The van der Waals surface area contributed by atoms with E-state index in [4.69, 9.17) is 4.74 Å². The predicted molar refractivity (Wildman–Crippen MR) is 112 cm³/mol. The first-order valence-electron chi connectivity index (χ1n) is 9.89. The second kappa shape index (κ2) is 9.05. The summed E-state index contributed by atoms with van der Waals surface area (Å²) >= 11 is 1.46. The lowest BCUT2D eigenvalue weighted by Crippen LogP contribution is -2.32. The highest BCUT2D eigenvalue weighted by Gasteiger charge is 2.39. The highest BCUT2D eigenvalue weighted by Crippen LogP contribution is 2.33. The van der Waals surface area contributed by atoms with Crippen molar-refractivity contribution in [1.29, 1.82) is 0 Å². The van der Waals surface area contributed by atoms with Crippen molar-refractivity contribution in [1.82, 2.24) is 10.3 Å². The van der Waals surface area contributed by atoms with Gasteiger partial charge in [-0.15, -0.1) is 11.3 Å². The molecule has 1 aliphatic carbocycles. The van der Waals surface area contributed by atoms with Crippen molar-refractivity contribution in [3.8, 4) is 0 Å². The van der Waals surface area contributed by atoms with Gasteiger partial charge in [0.1, 0.15) is 11.3 Å². The number of carbonyl (C=O) groups excluding carboxylic acids is 2. The minimum atomic E-state index is -0.628. The number of esters is 1. The Hall–Kier alpha value is -2.25. The maximum absolute atomic E-state index is 12.4. The van der Waals surface area contributed by atoms with Crippen LogP contribution in [-0.2, 0) is 16.0 Å². The molecule has 0 unspecified atom stereocenters. The lowest BCUT2D eigenvalue weighted by Gasteiger charge is -2.22. The number of carbonyl (C=O) groups is 2. The molecule has 0 spiro atoms. The largest absolute Gasteiger partial charge is 0.460 e. The molecular formula is C22H28N2O4S. The molecule has 1 heterocycles. The van der Waals surface area contributed by atoms with Gasteiger partial charge in [0.05, 0.1) is 17.0 Å². The van der Waals surface area contributed by atoms with Crippen LogP contribution in [-0.4, -0.2) is 40.2 Å². The van der Waals surface area contributed by atoms with E-state index in [1.807, 2.05) is 51.1 Å².